The molecule has 1 fully saturated rings. The topological polar surface area (TPSA) is 67.2 Å². The van der Waals surface area contributed by atoms with E-state index in [9.17, 15) is 4.79 Å². The molecule has 0 aliphatic carbocycles. The molecule has 0 atom stereocenters. The molecule has 0 spiro atoms. The molecular weight excluding hydrogens is 340 g/mol. The zero-order valence-corrected chi connectivity index (χ0v) is 15.7. The molecule has 0 saturated carbocycles. The number of carbonyl (C=O) groups is 1. The Labute approximate surface area is 158 Å². The second-order valence-corrected chi connectivity index (χ2v) is 7.34. The van der Waals surface area contributed by atoms with E-state index in [1.54, 1.807) is 24.9 Å². The van der Waals surface area contributed by atoms with Crippen molar-refractivity contribution in [2.45, 2.75) is 20.4 Å². The van der Waals surface area contributed by atoms with Crippen molar-refractivity contribution in [2.75, 3.05) is 31.1 Å². The smallest absolute Gasteiger partial charge is 0.255 e. The monoisotopic (exact) mass is 364 g/mol. The number of nitrogens with zero attached hydrogens (tertiary/aromatic N) is 6. The number of carbonyl (C=O) groups excluding carboxylic acids is 1. The maximum atomic E-state index is 12.9. The first-order chi connectivity index (χ1) is 13.1. The molecule has 4 rings (SSSR count). The van der Waals surface area contributed by atoms with E-state index in [-0.39, 0.29) is 5.91 Å². The van der Waals surface area contributed by atoms with Crippen LogP contribution in [0.25, 0.3) is 11.2 Å². The molecule has 3 aromatic heterocycles. The lowest BCUT2D eigenvalue weighted by atomic mass is 10.2. The van der Waals surface area contributed by atoms with Crippen LogP contribution in [0.5, 0.6) is 0 Å². The number of imidazole rings is 1. The zero-order chi connectivity index (χ0) is 18.8. The first-order valence-electron chi connectivity index (χ1n) is 9.37. The Kier molecular flexibility index (Phi) is 4.75. The van der Waals surface area contributed by atoms with Crippen LogP contribution in [0.15, 0.2) is 43.1 Å². The quantitative estimate of drug-likeness (QED) is 0.711. The fraction of sp³-hybridized carbons (Fsp3) is 0.400. The number of anilines is 1. The van der Waals surface area contributed by atoms with Crippen molar-refractivity contribution in [3.05, 3.63) is 48.7 Å². The van der Waals surface area contributed by atoms with Gasteiger partial charge in [0.25, 0.3) is 5.91 Å². The summed E-state index contributed by atoms with van der Waals surface area (Å²) < 4.78 is 2.04. The summed E-state index contributed by atoms with van der Waals surface area (Å²) >= 11 is 0. The van der Waals surface area contributed by atoms with E-state index in [0.29, 0.717) is 24.6 Å². The minimum atomic E-state index is 0.0252. The van der Waals surface area contributed by atoms with Crippen LogP contribution in [-0.2, 0) is 6.54 Å². The zero-order valence-electron chi connectivity index (χ0n) is 15.7. The maximum Gasteiger partial charge on any atom is 0.255 e. The molecule has 3 aromatic rings. The molecule has 1 amide bonds. The Morgan fingerprint density at radius 2 is 1.85 bits per heavy atom. The standard InChI is InChI=1S/C20H24N6O/c1-15(2)13-26-14-23-18-11-16(12-22-19(18)26)20(27)25-9-7-24(8-10-25)17-3-5-21-6-4-17/h3-6,11-12,14-15H,7-10,13H2,1-2H3. The molecule has 140 valence electrons. The maximum absolute atomic E-state index is 12.9. The van der Waals surface area contributed by atoms with Crippen molar-refractivity contribution in [3.63, 3.8) is 0 Å². The van der Waals surface area contributed by atoms with E-state index in [1.165, 1.54) is 0 Å². The van der Waals surface area contributed by atoms with E-state index in [0.717, 1.165) is 36.5 Å². The molecule has 0 aromatic carbocycles. The Morgan fingerprint density at radius 1 is 1.11 bits per heavy atom. The first-order valence-corrected chi connectivity index (χ1v) is 9.37. The predicted molar refractivity (Wildman–Crippen MR) is 105 cm³/mol. The van der Waals surface area contributed by atoms with Gasteiger partial charge in [0.15, 0.2) is 5.65 Å². The van der Waals surface area contributed by atoms with Gasteiger partial charge in [-0.25, -0.2) is 9.97 Å². The molecule has 4 heterocycles. The van der Waals surface area contributed by atoms with Gasteiger partial charge in [0.1, 0.15) is 5.52 Å². The summed E-state index contributed by atoms with van der Waals surface area (Å²) in [7, 11) is 0. The minimum Gasteiger partial charge on any atom is -0.368 e. The van der Waals surface area contributed by atoms with E-state index in [2.05, 4.69) is 33.7 Å². The van der Waals surface area contributed by atoms with Crippen LogP contribution in [0.4, 0.5) is 5.69 Å². The lowest BCUT2D eigenvalue weighted by Gasteiger charge is -2.36. The number of aromatic nitrogens is 4. The van der Waals surface area contributed by atoms with Gasteiger partial charge in [0.2, 0.25) is 0 Å². The summed E-state index contributed by atoms with van der Waals surface area (Å²) in [4.78, 5) is 30.1. The van der Waals surface area contributed by atoms with Gasteiger partial charge in [-0.1, -0.05) is 13.8 Å². The highest BCUT2D eigenvalue weighted by Crippen LogP contribution is 2.18. The van der Waals surface area contributed by atoms with Gasteiger partial charge in [0.05, 0.1) is 11.9 Å². The molecule has 0 radical (unpaired) electrons. The molecule has 1 aliphatic heterocycles. The largest absolute Gasteiger partial charge is 0.368 e. The third-order valence-corrected chi connectivity index (χ3v) is 4.86. The second kappa shape index (κ2) is 7.34. The highest BCUT2D eigenvalue weighted by atomic mass is 16.2. The van der Waals surface area contributed by atoms with Crippen molar-refractivity contribution in [2.24, 2.45) is 5.92 Å². The van der Waals surface area contributed by atoms with Gasteiger partial charge < -0.3 is 14.4 Å². The SMILES string of the molecule is CC(C)Cn1cnc2cc(C(=O)N3CCN(c4ccncc4)CC3)cnc21. The number of hydrogen-bond donors (Lipinski definition) is 0. The Bertz CT molecular complexity index is 928. The Balaban J connectivity index is 1.45. The van der Waals surface area contributed by atoms with Gasteiger partial charge >= 0.3 is 0 Å². The third kappa shape index (κ3) is 3.63. The normalized spacial score (nSPS) is 14.9. The average Bonchev–Trinajstić information content (AvgIpc) is 3.09. The molecule has 7 heteroatoms. The van der Waals surface area contributed by atoms with Crippen molar-refractivity contribution < 1.29 is 4.79 Å². The van der Waals surface area contributed by atoms with Crippen LogP contribution in [0, 0.1) is 5.92 Å². The van der Waals surface area contributed by atoms with Crippen LogP contribution < -0.4 is 4.90 Å². The van der Waals surface area contributed by atoms with Crippen LogP contribution in [0.1, 0.15) is 24.2 Å². The average molecular weight is 364 g/mol. The molecular formula is C20H24N6O. The molecule has 7 nitrogen and oxygen atoms in total. The van der Waals surface area contributed by atoms with Crippen molar-refractivity contribution >= 4 is 22.8 Å². The van der Waals surface area contributed by atoms with Crippen LogP contribution in [0.2, 0.25) is 0 Å². The number of pyridine rings is 2. The van der Waals surface area contributed by atoms with Gasteiger partial charge in [-0.15, -0.1) is 0 Å². The van der Waals surface area contributed by atoms with Gasteiger partial charge in [-0.3, -0.25) is 9.78 Å². The highest BCUT2D eigenvalue weighted by Gasteiger charge is 2.23. The molecule has 1 aliphatic rings. The summed E-state index contributed by atoms with van der Waals surface area (Å²) in [5.74, 6) is 0.541. The van der Waals surface area contributed by atoms with E-state index >= 15 is 0 Å². The minimum absolute atomic E-state index is 0.0252. The first kappa shape index (κ1) is 17.5. The number of fused-ring (bicyclic) bond motifs is 1. The van der Waals surface area contributed by atoms with Gasteiger partial charge in [-0.2, -0.15) is 0 Å². The molecule has 1 saturated heterocycles. The van der Waals surface area contributed by atoms with Crippen molar-refractivity contribution in [3.8, 4) is 0 Å². The molecule has 27 heavy (non-hydrogen) atoms. The summed E-state index contributed by atoms with van der Waals surface area (Å²) in [5, 5.41) is 0. The van der Waals surface area contributed by atoms with Gasteiger partial charge in [-0.05, 0) is 24.1 Å². The van der Waals surface area contributed by atoms with E-state index in [1.807, 2.05) is 27.7 Å². The summed E-state index contributed by atoms with van der Waals surface area (Å²) in [5.41, 5.74) is 3.37. The number of amides is 1. The summed E-state index contributed by atoms with van der Waals surface area (Å²) in [6.45, 7) is 8.21. The van der Waals surface area contributed by atoms with Crippen molar-refractivity contribution in [1.29, 1.82) is 0 Å². The van der Waals surface area contributed by atoms with Crippen LogP contribution >= 0.6 is 0 Å². The molecule has 0 bridgehead atoms. The summed E-state index contributed by atoms with van der Waals surface area (Å²) in [6.07, 6.45) is 7.08. The Hall–Kier alpha value is -2.96. The second-order valence-electron chi connectivity index (χ2n) is 7.34. The lowest BCUT2D eigenvalue weighted by Crippen LogP contribution is -2.48. The van der Waals surface area contributed by atoms with Crippen LogP contribution in [-0.4, -0.2) is 56.5 Å². The predicted octanol–water partition coefficient (Wildman–Crippen LogP) is 2.44. The van der Waals surface area contributed by atoms with Gasteiger partial charge in [0, 0.05) is 57.0 Å². The van der Waals surface area contributed by atoms with E-state index in [4.69, 9.17) is 0 Å². The van der Waals surface area contributed by atoms with Crippen LogP contribution in [0.3, 0.4) is 0 Å². The molecule has 0 N–H and O–H groups in total. The third-order valence-electron chi connectivity index (χ3n) is 4.86. The summed E-state index contributed by atoms with van der Waals surface area (Å²) in [6, 6.07) is 5.86. The van der Waals surface area contributed by atoms with Crippen molar-refractivity contribution in [1.82, 2.24) is 24.4 Å². The number of hydrogen-bond acceptors (Lipinski definition) is 5. The fourth-order valence-corrected chi connectivity index (χ4v) is 3.50. The lowest BCUT2D eigenvalue weighted by molar-refractivity contribution is 0.0746. The molecule has 0 unspecified atom stereocenters. The van der Waals surface area contributed by atoms with E-state index < -0.39 is 0 Å². The number of rotatable bonds is 4. The number of piperazine rings is 1. The fourth-order valence-electron chi connectivity index (χ4n) is 3.50. The Morgan fingerprint density at radius 3 is 2.56 bits per heavy atom. The highest BCUT2D eigenvalue weighted by molar-refractivity contribution is 5.96.